The Bertz CT molecular complexity index is 5650. The number of piperidine rings is 3. The molecule has 0 spiro atoms. The second kappa shape index (κ2) is 36.8. The van der Waals surface area contributed by atoms with Crippen LogP contribution in [0.25, 0.3) is 66.9 Å². The fourth-order valence-corrected chi connectivity index (χ4v) is 14.6. The molecule has 0 radical (unpaired) electrons. The molecule has 116 heavy (non-hydrogen) atoms. The van der Waals surface area contributed by atoms with E-state index in [4.69, 9.17) is 32.5 Å². The number of rotatable bonds is 20. The van der Waals surface area contributed by atoms with Gasteiger partial charge < -0.3 is 52.8 Å². The zero-order chi connectivity index (χ0) is 81.5. The van der Waals surface area contributed by atoms with E-state index < -0.39 is 11.7 Å². The summed E-state index contributed by atoms with van der Waals surface area (Å²) >= 11 is 0. The van der Waals surface area contributed by atoms with E-state index >= 15 is 0 Å². The number of nitrogens with zero attached hydrogens (tertiary/aromatic N) is 17. The summed E-state index contributed by atoms with van der Waals surface area (Å²) in [5.74, 6) is -0.136. The number of carbonyl (C=O) groups is 6. The number of likely N-dealkylation sites (tertiary alicyclic amines) is 3. The molecule has 0 bridgehead atoms. The number of nitrogens with two attached hydrogens (primary N) is 3. The maximum atomic E-state index is 13.0. The highest BCUT2D eigenvalue weighted by Gasteiger charge is 2.32. The highest BCUT2D eigenvalue weighted by Crippen LogP contribution is 2.38. The second-order valence-corrected chi connectivity index (χ2v) is 29.0. The van der Waals surface area contributed by atoms with Gasteiger partial charge in [0.05, 0.1) is 40.5 Å². The van der Waals surface area contributed by atoms with Crippen molar-refractivity contribution in [2.45, 2.75) is 97.1 Å². The Morgan fingerprint density at radius 3 is 1.21 bits per heavy atom. The second-order valence-electron chi connectivity index (χ2n) is 29.0. The Balaban J connectivity index is 0.000000152. The first-order valence-corrected chi connectivity index (χ1v) is 38.5. The average Bonchev–Trinajstić information content (AvgIpc) is 1.62. The normalized spacial score (nSPS) is 15.6. The number of hydrogen-bond donors (Lipinski definition) is 6. The van der Waals surface area contributed by atoms with Crippen molar-refractivity contribution < 1.29 is 33.2 Å². The lowest BCUT2D eigenvalue weighted by molar-refractivity contribution is -0.128. The Labute approximate surface area is 669 Å². The summed E-state index contributed by atoms with van der Waals surface area (Å²) in [7, 11) is 3.94. The topological polar surface area (TPSA) is 373 Å². The summed E-state index contributed by atoms with van der Waals surface area (Å²) < 4.78 is 18.7. The van der Waals surface area contributed by atoms with E-state index in [1.807, 2.05) is 191 Å². The number of hydrogen-bond acceptors (Lipinski definition) is 20. The van der Waals surface area contributed by atoms with Crippen molar-refractivity contribution in [3.8, 4) is 33.8 Å². The van der Waals surface area contributed by atoms with Gasteiger partial charge in [-0.25, -0.2) is 53.3 Å². The van der Waals surface area contributed by atoms with Crippen molar-refractivity contribution in [3.05, 3.63) is 246 Å². The smallest absolute Gasteiger partial charge is 0.270 e. The lowest BCUT2D eigenvalue weighted by Crippen LogP contribution is -2.40. The number of aromatic nitrogens is 13. The monoisotopic (exact) mass is 1560 g/mol. The van der Waals surface area contributed by atoms with Crippen LogP contribution in [-0.4, -0.2) is 179 Å². The van der Waals surface area contributed by atoms with Crippen LogP contribution in [0.5, 0.6) is 0 Å². The van der Waals surface area contributed by atoms with E-state index in [9.17, 15) is 33.2 Å². The van der Waals surface area contributed by atoms with Crippen LogP contribution in [0.1, 0.15) is 123 Å². The largest absolute Gasteiger partial charge is 0.383 e. The summed E-state index contributed by atoms with van der Waals surface area (Å²) in [6, 6.07) is 40.8. The van der Waals surface area contributed by atoms with Crippen molar-refractivity contribution in [1.82, 2.24) is 99.8 Å². The van der Waals surface area contributed by atoms with Crippen LogP contribution in [0, 0.1) is 19.7 Å². The lowest BCUT2D eigenvalue weighted by Gasteiger charge is -2.32. The molecular formula is C86H92FN23O6. The maximum absolute atomic E-state index is 13.0. The van der Waals surface area contributed by atoms with Gasteiger partial charge in [0.25, 0.3) is 17.7 Å². The van der Waals surface area contributed by atoms with Crippen molar-refractivity contribution in [2.75, 3.05) is 77.1 Å². The highest BCUT2D eigenvalue weighted by molar-refractivity contribution is 6.01. The number of allylic oxidation sites excluding steroid dienone is 1. The van der Waals surface area contributed by atoms with E-state index in [0.717, 1.165) is 95.8 Å². The maximum Gasteiger partial charge on any atom is 0.270 e. The minimum absolute atomic E-state index is 0.00693. The molecule has 3 saturated heterocycles. The van der Waals surface area contributed by atoms with Gasteiger partial charge in [-0.05, 0) is 138 Å². The van der Waals surface area contributed by atoms with Gasteiger partial charge in [0.2, 0.25) is 17.7 Å². The Hall–Kier alpha value is -13.8. The summed E-state index contributed by atoms with van der Waals surface area (Å²) in [5.41, 5.74) is 31.6. The van der Waals surface area contributed by atoms with Crippen molar-refractivity contribution in [3.63, 3.8) is 0 Å². The predicted octanol–water partition coefficient (Wildman–Crippen LogP) is 10.5. The third kappa shape index (κ3) is 18.6. The number of nitrogen functional groups attached to an aromatic ring is 3. The number of carbonyl (C=O) groups excluding carboxylic acids is 6. The Morgan fingerprint density at radius 1 is 0.483 bits per heavy atom. The third-order valence-corrected chi connectivity index (χ3v) is 20.7. The van der Waals surface area contributed by atoms with Crippen LogP contribution < -0.4 is 33.2 Å². The summed E-state index contributed by atoms with van der Waals surface area (Å²) in [5, 5.41) is 25.6. The molecule has 594 valence electrons. The zero-order valence-electron chi connectivity index (χ0n) is 65.3. The van der Waals surface area contributed by atoms with Gasteiger partial charge in [-0.15, -0.1) is 0 Å². The van der Waals surface area contributed by atoms with Gasteiger partial charge in [-0.2, -0.15) is 15.3 Å². The Kier molecular flexibility index (Phi) is 25.5. The van der Waals surface area contributed by atoms with E-state index in [1.54, 1.807) is 23.1 Å². The molecule has 12 aromatic rings. The molecule has 10 heterocycles. The molecule has 15 rings (SSSR count). The van der Waals surface area contributed by atoms with Crippen LogP contribution in [0.15, 0.2) is 196 Å². The highest BCUT2D eigenvalue weighted by atomic mass is 19.1. The number of amides is 6. The third-order valence-electron chi connectivity index (χ3n) is 20.7. The van der Waals surface area contributed by atoms with Crippen LogP contribution >= 0.6 is 0 Å². The molecule has 0 saturated carbocycles. The molecule has 0 aliphatic carbocycles. The predicted molar refractivity (Wildman–Crippen MR) is 443 cm³/mol. The van der Waals surface area contributed by atoms with Crippen LogP contribution in [0.3, 0.4) is 0 Å². The molecule has 3 atom stereocenters. The minimum atomic E-state index is -0.501. The van der Waals surface area contributed by atoms with Crippen LogP contribution in [0.2, 0.25) is 0 Å². The quantitative estimate of drug-likeness (QED) is 0.0386. The number of fused-ring (bicyclic) bond motifs is 3. The van der Waals surface area contributed by atoms with Crippen LogP contribution in [-0.2, 0) is 34.0 Å². The van der Waals surface area contributed by atoms with E-state index in [1.165, 1.54) is 37.2 Å². The van der Waals surface area contributed by atoms with Crippen molar-refractivity contribution in [2.24, 2.45) is 0 Å². The van der Waals surface area contributed by atoms with E-state index in [2.05, 4.69) is 57.4 Å². The summed E-state index contributed by atoms with van der Waals surface area (Å²) in [4.78, 5) is 112. The first kappa shape index (κ1) is 80.3. The number of halogens is 1. The van der Waals surface area contributed by atoms with Gasteiger partial charge in [-0.3, -0.25) is 28.8 Å². The molecule has 30 heteroatoms. The zero-order valence-corrected chi connectivity index (χ0v) is 65.3. The molecule has 3 unspecified atom stereocenters. The molecule has 29 nitrogen and oxygen atoms in total. The average molecular weight is 1560 g/mol. The Morgan fingerprint density at radius 2 is 0.853 bits per heavy atom. The SMILES string of the molecule is C/C=C/C(=O)N1CCCC(n2nc(-c3ccc(CNC(=O)c4ccccc4C)cc3)c3c(N)ncnc32)C1.C=CC(=O)N1CCCC(n2nc(-c3ccc(CNC(=O)c4ccc(F)cn4)cc3)c3c(N)ncnc32)C1.Cc1ccccc1C(=O)NCc1ccc(-c2nn(C3CCCN(C(=O)/C=C/CN(C)C)C3)c3ncnc(N)c23)cc1. The number of nitrogens with one attached hydrogen (secondary N) is 3. The van der Waals surface area contributed by atoms with E-state index in [0.29, 0.717) is 131 Å². The number of benzene rings is 5. The molecule has 3 fully saturated rings. The van der Waals surface area contributed by atoms with Crippen molar-refractivity contribution in [1.29, 1.82) is 0 Å². The number of anilines is 3. The molecular weight excluding hydrogens is 1470 g/mol. The first-order valence-electron chi connectivity index (χ1n) is 38.5. The molecule has 7 aromatic heterocycles. The van der Waals surface area contributed by atoms with Gasteiger partial charge in [0.1, 0.15) is 65.0 Å². The molecule has 9 N–H and O–H groups in total. The fraction of sp³-hybridized carbons (Fsp3) is 0.279. The van der Waals surface area contributed by atoms with E-state index in [-0.39, 0.29) is 59.9 Å². The minimum Gasteiger partial charge on any atom is -0.383 e. The molecule has 6 amide bonds. The van der Waals surface area contributed by atoms with Gasteiger partial charge in [-0.1, -0.05) is 128 Å². The van der Waals surface area contributed by atoms with Gasteiger partial charge in [0, 0.05) is 99.3 Å². The molecule has 5 aromatic carbocycles. The van der Waals surface area contributed by atoms with Crippen LogP contribution in [0.4, 0.5) is 21.8 Å². The fourth-order valence-electron chi connectivity index (χ4n) is 14.6. The molecule has 3 aliphatic rings. The number of likely N-dealkylation sites (N-methyl/N-ethyl adjacent to an activating group) is 1. The standard InChI is InChI=1S/C31H36N8O2.C29H31N7O2.C26H25FN8O2/c1-21-8-4-5-10-25(21)31(41)33-18-22-12-14-23(15-13-22)28-27-29(32)34-20-35-30(27)39(36-28)24-9-6-17-38(19-24)26(40)11-7-16-37(2)3;1-3-7-24(37)35-15-6-9-22(17-35)36-28-25(27(30)32-18-33-28)26(34-36)21-13-11-20(12-14-21)16-31-29(38)23-10-5-4-8-19(23)2;1-2-21(36)34-11-3-4-19(14-34)35-25-22(24(28)31-15-32-25)23(33-35)17-7-5-16(6-8-17)12-30-26(37)20-10-9-18(27)13-29-20/h4-5,7-8,10-15,20,24H,6,9,16-19H2,1-3H3,(H,33,41)(H2,32,34,35);3-5,7-8,10-14,18,22H,6,9,15-17H2,1-2H3,(H,31,38)(H2,30,32,33);2,5-10,13,15,19H,1,3-4,11-12,14H2,(H,30,37)(H2,28,31,32)/b11-7+;7-3+;. The molecule has 3 aliphatic heterocycles. The van der Waals surface area contributed by atoms with Gasteiger partial charge >= 0.3 is 0 Å². The summed E-state index contributed by atoms with van der Waals surface area (Å²) in [6.45, 7) is 14.8. The lowest BCUT2D eigenvalue weighted by atomic mass is 10.1. The van der Waals surface area contributed by atoms with Gasteiger partial charge in [0.15, 0.2) is 16.9 Å². The number of pyridine rings is 1. The van der Waals surface area contributed by atoms with Crippen molar-refractivity contribution >= 4 is 86.0 Å². The summed E-state index contributed by atoms with van der Waals surface area (Å²) in [6.07, 6.45) is 18.8. The number of aryl methyl sites for hydroxylation is 2. The first-order chi connectivity index (χ1) is 56.2.